The van der Waals surface area contributed by atoms with Crippen LogP contribution in [0.15, 0.2) is 24.3 Å². The van der Waals surface area contributed by atoms with Crippen molar-refractivity contribution in [3.63, 3.8) is 0 Å². The van der Waals surface area contributed by atoms with Crippen molar-refractivity contribution in [3.05, 3.63) is 24.3 Å². The van der Waals surface area contributed by atoms with Gasteiger partial charge in [-0.3, -0.25) is 0 Å². The van der Waals surface area contributed by atoms with Gasteiger partial charge < -0.3 is 19.5 Å². The monoisotopic (exact) mass is 362 g/mol. The third kappa shape index (κ3) is 5.62. The summed E-state index contributed by atoms with van der Waals surface area (Å²) in [4.78, 5) is 1.66. The van der Waals surface area contributed by atoms with E-state index in [0.717, 1.165) is 30.1 Å². The van der Waals surface area contributed by atoms with E-state index in [1.165, 1.54) is 64.2 Å². The maximum atomic E-state index is 10.7. The van der Waals surface area contributed by atoms with Gasteiger partial charge in [0.1, 0.15) is 30.8 Å². The molecule has 0 spiro atoms. The van der Waals surface area contributed by atoms with E-state index in [-0.39, 0.29) is 0 Å². The van der Waals surface area contributed by atoms with Crippen LogP contribution in [-0.4, -0.2) is 43.6 Å². The molecule has 2 aliphatic rings. The molecule has 0 aromatic heterocycles. The van der Waals surface area contributed by atoms with E-state index < -0.39 is 6.10 Å². The molecule has 2 N–H and O–H groups in total. The van der Waals surface area contributed by atoms with Gasteiger partial charge in [0.05, 0.1) is 19.2 Å². The van der Waals surface area contributed by atoms with Gasteiger partial charge in [-0.2, -0.15) is 0 Å². The molecule has 0 saturated heterocycles. The first-order valence-corrected chi connectivity index (χ1v) is 10.6. The molecular formula is C22H36NO3+. The Hall–Kier alpha value is -1.26. The zero-order valence-corrected chi connectivity index (χ0v) is 16.3. The lowest BCUT2D eigenvalue weighted by atomic mass is 9.88. The standard InChI is InChI=1S/C22H35NO3/c1-25-21-12-14-22(15-13-21)26-17-20(24)16-23(18-8-4-2-5-9-18)19-10-6-3-7-11-19/h12-15,18-20,24H,2-11,16-17H2,1H3/p+1/t20-/m0/s1. The number of quaternary nitrogens is 1. The molecule has 1 atom stereocenters. The predicted molar refractivity (Wildman–Crippen MR) is 104 cm³/mol. The lowest BCUT2D eigenvalue weighted by Crippen LogP contribution is -3.20. The number of aliphatic hydroxyl groups is 1. The summed E-state index contributed by atoms with van der Waals surface area (Å²) in [5, 5.41) is 10.7. The molecule has 0 heterocycles. The second-order valence-electron chi connectivity index (χ2n) is 8.09. The van der Waals surface area contributed by atoms with Gasteiger partial charge in [0.25, 0.3) is 0 Å². The second-order valence-corrected chi connectivity index (χ2v) is 8.09. The topological polar surface area (TPSA) is 43.1 Å². The molecule has 0 amide bonds. The number of benzene rings is 1. The van der Waals surface area contributed by atoms with Crippen molar-refractivity contribution in [2.45, 2.75) is 82.4 Å². The van der Waals surface area contributed by atoms with E-state index in [9.17, 15) is 5.11 Å². The number of methoxy groups -OCH3 is 1. The molecule has 1 aromatic rings. The SMILES string of the molecule is COc1ccc(OC[C@@H](O)C[NH+](C2CCCCC2)C2CCCCC2)cc1. The Bertz CT molecular complexity index is 489. The molecule has 146 valence electrons. The van der Waals surface area contributed by atoms with Gasteiger partial charge >= 0.3 is 0 Å². The summed E-state index contributed by atoms with van der Waals surface area (Å²) in [5.74, 6) is 1.62. The zero-order chi connectivity index (χ0) is 18.2. The summed E-state index contributed by atoms with van der Waals surface area (Å²) < 4.78 is 11.0. The number of ether oxygens (including phenoxy) is 2. The smallest absolute Gasteiger partial charge is 0.137 e. The average Bonchev–Trinajstić information content (AvgIpc) is 2.72. The molecule has 4 nitrogen and oxygen atoms in total. The lowest BCUT2D eigenvalue weighted by Gasteiger charge is -2.39. The summed E-state index contributed by atoms with van der Waals surface area (Å²) in [6, 6.07) is 9.06. The molecule has 2 aliphatic carbocycles. The van der Waals surface area contributed by atoms with Gasteiger partial charge in [-0.15, -0.1) is 0 Å². The first-order chi connectivity index (χ1) is 12.8. The number of nitrogens with one attached hydrogen (secondary N) is 1. The number of hydrogen-bond acceptors (Lipinski definition) is 3. The summed E-state index contributed by atoms with van der Waals surface area (Å²) in [5.41, 5.74) is 0. The average molecular weight is 363 g/mol. The Balaban J connectivity index is 1.54. The normalized spacial score (nSPS) is 20.9. The minimum atomic E-state index is -0.407. The van der Waals surface area contributed by atoms with E-state index in [1.54, 1.807) is 12.0 Å². The van der Waals surface area contributed by atoms with Crippen molar-refractivity contribution in [1.29, 1.82) is 0 Å². The van der Waals surface area contributed by atoms with Gasteiger partial charge in [-0.1, -0.05) is 12.8 Å². The van der Waals surface area contributed by atoms with Crippen molar-refractivity contribution in [2.75, 3.05) is 20.3 Å². The summed E-state index contributed by atoms with van der Waals surface area (Å²) >= 11 is 0. The van der Waals surface area contributed by atoms with Crippen molar-refractivity contribution in [3.8, 4) is 11.5 Å². The summed E-state index contributed by atoms with van der Waals surface area (Å²) in [7, 11) is 1.66. The Morgan fingerprint density at radius 3 is 1.88 bits per heavy atom. The number of rotatable bonds is 8. The van der Waals surface area contributed by atoms with Crippen LogP contribution in [0.3, 0.4) is 0 Å². The largest absolute Gasteiger partial charge is 0.497 e. The van der Waals surface area contributed by atoms with Crippen molar-refractivity contribution < 1.29 is 19.5 Å². The van der Waals surface area contributed by atoms with Crippen LogP contribution in [0.4, 0.5) is 0 Å². The molecule has 0 radical (unpaired) electrons. The van der Waals surface area contributed by atoms with E-state index in [1.807, 2.05) is 24.3 Å². The molecular weight excluding hydrogens is 326 g/mol. The van der Waals surface area contributed by atoms with E-state index in [4.69, 9.17) is 9.47 Å². The van der Waals surface area contributed by atoms with Crippen LogP contribution < -0.4 is 14.4 Å². The first-order valence-electron chi connectivity index (χ1n) is 10.6. The molecule has 0 bridgehead atoms. The first kappa shape index (κ1) is 19.5. The van der Waals surface area contributed by atoms with Gasteiger partial charge in [-0.25, -0.2) is 0 Å². The minimum Gasteiger partial charge on any atom is -0.497 e. The molecule has 2 fully saturated rings. The van der Waals surface area contributed by atoms with Gasteiger partial charge in [-0.05, 0) is 75.6 Å². The zero-order valence-electron chi connectivity index (χ0n) is 16.3. The molecule has 0 aliphatic heterocycles. The molecule has 3 rings (SSSR count). The molecule has 0 unspecified atom stereocenters. The summed E-state index contributed by atoms with van der Waals surface area (Å²) in [6.45, 7) is 1.20. The van der Waals surface area contributed by atoms with Crippen molar-refractivity contribution >= 4 is 0 Å². The number of hydrogen-bond donors (Lipinski definition) is 2. The quantitative estimate of drug-likeness (QED) is 0.747. The second kappa shape index (κ2) is 10.2. The van der Waals surface area contributed by atoms with Crippen LogP contribution in [-0.2, 0) is 0 Å². The predicted octanol–water partition coefficient (Wildman–Crippen LogP) is 2.99. The maximum Gasteiger partial charge on any atom is 0.137 e. The van der Waals surface area contributed by atoms with Crippen LogP contribution in [0, 0.1) is 0 Å². The van der Waals surface area contributed by atoms with Crippen molar-refractivity contribution in [1.82, 2.24) is 0 Å². The number of aliphatic hydroxyl groups excluding tert-OH is 1. The molecule has 4 heteroatoms. The fraction of sp³-hybridized carbons (Fsp3) is 0.727. The molecule has 2 saturated carbocycles. The Morgan fingerprint density at radius 2 is 1.38 bits per heavy atom. The minimum absolute atomic E-state index is 0.370. The fourth-order valence-corrected chi connectivity index (χ4v) is 4.81. The third-order valence-electron chi connectivity index (χ3n) is 6.23. The van der Waals surface area contributed by atoms with Crippen LogP contribution in [0.5, 0.6) is 11.5 Å². The van der Waals surface area contributed by atoms with Gasteiger partial charge in [0.15, 0.2) is 0 Å². The fourth-order valence-electron chi connectivity index (χ4n) is 4.81. The Morgan fingerprint density at radius 1 is 0.885 bits per heavy atom. The van der Waals surface area contributed by atoms with Crippen LogP contribution in [0.2, 0.25) is 0 Å². The van der Waals surface area contributed by atoms with Crippen molar-refractivity contribution in [2.24, 2.45) is 0 Å². The molecule has 1 aromatic carbocycles. The van der Waals surface area contributed by atoms with E-state index >= 15 is 0 Å². The highest BCUT2D eigenvalue weighted by Crippen LogP contribution is 2.20. The van der Waals surface area contributed by atoms with Crippen LogP contribution >= 0.6 is 0 Å². The lowest BCUT2D eigenvalue weighted by molar-refractivity contribution is -0.955. The highest BCUT2D eigenvalue weighted by atomic mass is 16.5. The van der Waals surface area contributed by atoms with Crippen LogP contribution in [0.25, 0.3) is 0 Å². The van der Waals surface area contributed by atoms with E-state index in [0.29, 0.717) is 6.61 Å². The highest BCUT2D eigenvalue weighted by Gasteiger charge is 2.33. The van der Waals surface area contributed by atoms with Crippen LogP contribution in [0.1, 0.15) is 64.2 Å². The Labute approximate surface area is 158 Å². The maximum absolute atomic E-state index is 10.7. The third-order valence-corrected chi connectivity index (χ3v) is 6.23. The molecule has 26 heavy (non-hydrogen) atoms. The summed E-state index contributed by atoms with van der Waals surface area (Å²) in [6.07, 6.45) is 13.1. The van der Waals surface area contributed by atoms with Gasteiger partial charge in [0.2, 0.25) is 0 Å². The van der Waals surface area contributed by atoms with E-state index in [2.05, 4.69) is 0 Å². The highest BCUT2D eigenvalue weighted by molar-refractivity contribution is 5.31. The van der Waals surface area contributed by atoms with Gasteiger partial charge in [0, 0.05) is 0 Å². The Kier molecular flexibility index (Phi) is 7.63.